The number of aryl methyl sites for hydroxylation is 1. The van der Waals surface area contributed by atoms with Crippen LogP contribution in [0.5, 0.6) is 0 Å². The summed E-state index contributed by atoms with van der Waals surface area (Å²) in [6, 6.07) is 7.99. The molecular weight excluding hydrogens is 215 g/mol. The van der Waals surface area contributed by atoms with Gasteiger partial charge in [0.15, 0.2) is 0 Å². The van der Waals surface area contributed by atoms with Gasteiger partial charge in [0, 0.05) is 0 Å². The molecule has 1 aromatic carbocycles. The van der Waals surface area contributed by atoms with E-state index in [1.54, 1.807) is 0 Å². The Labute approximate surface area is 89.3 Å². The highest BCUT2D eigenvalue weighted by atomic mass is 32.3. The minimum Gasteiger partial charge on any atom is -0.195 e. The highest BCUT2D eigenvalue weighted by Gasteiger charge is 2.23. The van der Waals surface area contributed by atoms with Crippen LogP contribution in [-0.4, -0.2) is 14.2 Å². The number of halogens is 1. The van der Waals surface area contributed by atoms with Gasteiger partial charge >= 0.3 is 10.2 Å². The van der Waals surface area contributed by atoms with Gasteiger partial charge in [-0.25, -0.2) is 0 Å². The molecule has 0 saturated heterocycles. The smallest absolute Gasteiger partial charge is 0.195 e. The van der Waals surface area contributed by atoms with E-state index in [0.29, 0.717) is 6.42 Å². The van der Waals surface area contributed by atoms with E-state index in [4.69, 9.17) is 0 Å². The van der Waals surface area contributed by atoms with Crippen molar-refractivity contribution in [1.82, 2.24) is 0 Å². The molecule has 0 saturated carbocycles. The van der Waals surface area contributed by atoms with Crippen LogP contribution in [-0.2, 0) is 16.6 Å². The van der Waals surface area contributed by atoms with Crippen molar-refractivity contribution in [1.29, 1.82) is 0 Å². The maximum absolute atomic E-state index is 12.4. The fourth-order valence-corrected chi connectivity index (χ4v) is 2.79. The Hall–Kier alpha value is -0.900. The Balaban J connectivity index is 2.08. The van der Waals surface area contributed by atoms with Gasteiger partial charge in [0.05, 0.1) is 5.75 Å². The van der Waals surface area contributed by atoms with E-state index in [-0.39, 0.29) is 11.7 Å². The van der Waals surface area contributed by atoms with Gasteiger partial charge in [0.1, 0.15) is 0 Å². The van der Waals surface area contributed by atoms with Crippen LogP contribution >= 0.6 is 0 Å². The van der Waals surface area contributed by atoms with Gasteiger partial charge in [0.25, 0.3) is 0 Å². The van der Waals surface area contributed by atoms with Gasteiger partial charge in [-0.2, -0.15) is 8.42 Å². The normalized spacial score (nSPS) is 20.2. The molecular formula is C11H13FO2S. The lowest BCUT2D eigenvalue weighted by atomic mass is 9.99. The molecule has 0 fully saturated rings. The van der Waals surface area contributed by atoms with Gasteiger partial charge in [-0.15, -0.1) is 3.89 Å². The van der Waals surface area contributed by atoms with Crippen LogP contribution in [0.25, 0.3) is 0 Å². The molecule has 2 nitrogen and oxygen atoms in total. The predicted octanol–water partition coefficient (Wildman–Crippen LogP) is 2.41. The SMILES string of the molecule is O=S(=O)(F)CCC1CCc2ccccc21. The third-order valence-electron chi connectivity index (χ3n) is 2.97. The summed E-state index contributed by atoms with van der Waals surface area (Å²) in [5.74, 6) is -0.141. The average Bonchev–Trinajstić information content (AvgIpc) is 2.57. The zero-order valence-corrected chi connectivity index (χ0v) is 9.13. The molecule has 0 N–H and O–H groups in total. The lowest BCUT2D eigenvalue weighted by molar-refractivity contribution is 0.541. The van der Waals surface area contributed by atoms with E-state index in [1.165, 1.54) is 11.1 Å². The minimum atomic E-state index is -4.31. The molecule has 0 spiro atoms. The summed E-state index contributed by atoms with van der Waals surface area (Å²) in [4.78, 5) is 0. The van der Waals surface area contributed by atoms with Crippen LogP contribution in [0.3, 0.4) is 0 Å². The Morgan fingerprint density at radius 1 is 1.33 bits per heavy atom. The third-order valence-corrected chi connectivity index (χ3v) is 3.69. The molecule has 15 heavy (non-hydrogen) atoms. The van der Waals surface area contributed by atoms with Crippen LogP contribution in [0.2, 0.25) is 0 Å². The molecule has 0 amide bonds. The van der Waals surface area contributed by atoms with Crippen molar-refractivity contribution in [3.8, 4) is 0 Å². The second-order valence-electron chi connectivity index (χ2n) is 3.97. The summed E-state index contributed by atoms with van der Waals surface area (Å²) < 4.78 is 33.3. The molecule has 1 atom stereocenters. The Morgan fingerprint density at radius 2 is 2.07 bits per heavy atom. The number of fused-ring (bicyclic) bond motifs is 1. The molecule has 1 unspecified atom stereocenters. The van der Waals surface area contributed by atoms with Crippen LogP contribution in [0, 0.1) is 0 Å². The zero-order chi connectivity index (χ0) is 10.9. The van der Waals surface area contributed by atoms with Gasteiger partial charge < -0.3 is 0 Å². The Morgan fingerprint density at radius 3 is 2.80 bits per heavy atom. The van der Waals surface area contributed by atoms with Crippen molar-refractivity contribution in [2.45, 2.75) is 25.2 Å². The standard InChI is InChI=1S/C11H13FO2S/c12-15(13,14)8-7-10-6-5-9-3-1-2-4-11(9)10/h1-4,10H,5-8H2. The largest absolute Gasteiger partial charge is 0.302 e. The number of hydrogen-bond acceptors (Lipinski definition) is 2. The molecule has 82 valence electrons. The quantitative estimate of drug-likeness (QED) is 0.744. The fraction of sp³-hybridized carbons (Fsp3) is 0.455. The van der Waals surface area contributed by atoms with Crippen LogP contribution in [0.15, 0.2) is 24.3 Å². The van der Waals surface area contributed by atoms with Gasteiger partial charge in [0.2, 0.25) is 0 Å². The molecule has 1 aliphatic carbocycles. The van der Waals surface area contributed by atoms with Crippen molar-refractivity contribution >= 4 is 10.2 Å². The second kappa shape index (κ2) is 3.93. The van der Waals surface area contributed by atoms with E-state index < -0.39 is 10.2 Å². The van der Waals surface area contributed by atoms with Gasteiger partial charge in [-0.3, -0.25) is 0 Å². The van der Waals surface area contributed by atoms with Crippen molar-refractivity contribution in [2.24, 2.45) is 0 Å². The topological polar surface area (TPSA) is 34.1 Å². The van der Waals surface area contributed by atoms with Crippen molar-refractivity contribution < 1.29 is 12.3 Å². The van der Waals surface area contributed by atoms with E-state index in [0.717, 1.165) is 12.8 Å². The third kappa shape index (κ3) is 2.56. The van der Waals surface area contributed by atoms with E-state index in [9.17, 15) is 12.3 Å². The molecule has 2 rings (SSSR count). The molecule has 0 heterocycles. The molecule has 0 radical (unpaired) electrons. The van der Waals surface area contributed by atoms with Crippen molar-refractivity contribution in [3.05, 3.63) is 35.4 Å². The van der Waals surface area contributed by atoms with Crippen LogP contribution < -0.4 is 0 Å². The molecule has 1 aliphatic rings. The van der Waals surface area contributed by atoms with E-state index in [2.05, 4.69) is 6.07 Å². The summed E-state index contributed by atoms with van der Waals surface area (Å²) >= 11 is 0. The molecule has 0 aliphatic heterocycles. The molecule has 0 aromatic heterocycles. The van der Waals surface area contributed by atoms with E-state index in [1.807, 2.05) is 18.2 Å². The molecule has 4 heteroatoms. The first kappa shape index (κ1) is 10.6. The fourth-order valence-electron chi connectivity index (χ4n) is 2.23. The van der Waals surface area contributed by atoms with Crippen molar-refractivity contribution in [3.63, 3.8) is 0 Å². The maximum atomic E-state index is 12.4. The first-order valence-corrected chi connectivity index (χ1v) is 6.62. The van der Waals surface area contributed by atoms with Crippen molar-refractivity contribution in [2.75, 3.05) is 5.75 Å². The Kier molecular flexibility index (Phi) is 2.78. The first-order chi connectivity index (χ1) is 7.06. The second-order valence-corrected chi connectivity index (χ2v) is 5.45. The van der Waals surface area contributed by atoms with Crippen LogP contribution in [0.4, 0.5) is 3.89 Å². The minimum absolute atomic E-state index is 0.215. The summed E-state index contributed by atoms with van der Waals surface area (Å²) in [7, 11) is -4.31. The van der Waals surface area contributed by atoms with Gasteiger partial charge in [-0.05, 0) is 36.3 Å². The summed E-state index contributed by atoms with van der Waals surface area (Å²) in [5, 5.41) is 0. The zero-order valence-electron chi connectivity index (χ0n) is 8.32. The summed E-state index contributed by atoms with van der Waals surface area (Å²) in [6.07, 6.45) is 2.32. The highest BCUT2D eigenvalue weighted by Crippen LogP contribution is 2.35. The van der Waals surface area contributed by atoms with E-state index >= 15 is 0 Å². The highest BCUT2D eigenvalue weighted by molar-refractivity contribution is 7.86. The van der Waals surface area contributed by atoms with Gasteiger partial charge in [-0.1, -0.05) is 24.3 Å². The molecule has 0 bridgehead atoms. The maximum Gasteiger partial charge on any atom is 0.302 e. The molecule has 1 aromatic rings. The number of rotatable bonds is 3. The number of benzene rings is 1. The summed E-state index contributed by atoms with van der Waals surface area (Å²) in [6.45, 7) is 0. The predicted molar refractivity (Wildman–Crippen MR) is 57.0 cm³/mol. The monoisotopic (exact) mass is 228 g/mol. The Bertz CT molecular complexity index is 453. The first-order valence-electron chi connectivity index (χ1n) is 5.06. The summed E-state index contributed by atoms with van der Waals surface area (Å²) in [5.41, 5.74) is 2.47. The number of hydrogen-bond donors (Lipinski definition) is 0. The lowest BCUT2D eigenvalue weighted by Crippen LogP contribution is -2.03. The van der Waals surface area contributed by atoms with Crippen LogP contribution in [0.1, 0.15) is 29.9 Å². The lowest BCUT2D eigenvalue weighted by Gasteiger charge is -2.09. The average molecular weight is 228 g/mol.